The molecule has 0 aliphatic carbocycles. The first-order chi connectivity index (χ1) is 7.64. The second-order valence-electron chi connectivity index (χ2n) is 3.63. The molecule has 1 nitrogen and oxygen atoms in total. The van der Waals surface area contributed by atoms with Gasteiger partial charge in [-0.1, -0.05) is 0 Å². The molecule has 17 heavy (non-hydrogen) atoms. The third-order valence-corrected chi connectivity index (χ3v) is 2.21. The van der Waals surface area contributed by atoms with E-state index in [9.17, 15) is 26.7 Å². The van der Waals surface area contributed by atoms with Crippen LogP contribution in [0.3, 0.4) is 0 Å². The lowest BCUT2D eigenvalue weighted by molar-refractivity contribution is -0.139. The summed E-state index contributed by atoms with van der Waals surface area (Å²) in [5.74, 6) is -0.886. The molecule has 0 spiro atoms. The molecule has 0 aromatic heterocycles. The van der Waals surface area contributed by atoms with Crippen molar-refractivity contribution < 1.29 is 26.7 Å². The third kappa shape index (κ3) is 2.81. The Morgan fingerprint density at radius 3 is 2.12 bits per heavy atom. The SMILES string of the molecule is CC(=O)c1cc(C)cc(C(F)F)c1C(F)(F)F. The van der Waals surface area contributed by atoms with Crippen LogP contribution in [0.4, 0.5) is 22.0 Å². The summed E-state index contributed by atoms with van der Waals surface area (Å²) in [6.45, 7) is 2.28. The zero-order chi connectivity index (χ0) is 13.4. The van der Waals surface area contributed by atoms with E-state index in [1.54, 1.807) is 0 Å². The molecule has 0 atom stereocenters. The van der Waals surface area contributed by atoms with Gasteiger partial charge in [-0.3, -0.25) is 4.79 Å². The van der Waals surface area contributed by atoms with Crippen LogP contribution in [0.1, 0.15) is 40.4 Å². The van der Waals surface area contributed by atoms with E-state index < -0.39 is 35.1 Å². The van der Waals surface area contributed by atoms with Crippen LogP contribution in [-0.4, -0.2) is 5.78 Å². The van der Waals surface area contributed by atoms with Crippen molar-refractivity contribution in [3.8, 4) is 0 Å². The molecule has 0 saturated heterocycles. The Morgan fingerprint density at radius 1 is 1.24 bits per heavy atom. The fraction of sp³-hybridized carbons (Fsp3) is 0.364. The molecule has 0 unspecified atom stereocenters. The highest BCUT2D eigenvalue weighted by atomic mass is 19.4. The molecule has 1 aromatic rings. The van der Waals surface area contributed by atoms with Crippen molar-refractivity contribution in [3.63, 3.8) is 0 Å². The molecule has 94 valence electrons. The summed E-state index contributed by atoms with van der Waals surface area (Å²) in [5, 5.41) is 0. The minimum absolute atomic E-state index is 0.193. The minimum Gasteiger partial charge on any atom is -0.294 e. The Morgan fingerprint density at radius 2 is 1.76 bits per heavy atom. The van der Waals surface area contributed by atoms with E-state index in [1.807, 2.05) is 0 Å². The molecule has 1 rings (SSSR count). The molecular weight excluding hydrogens is 243 g/mol. The Kier molecular flexibility index (Phi) is 3.54. The number of rotatable bonds is 2. The van der Waals surface area contributed by atoms with E-state index in [0.717, 1.165) is 19.1 Å². The number of halogens is 5. The number of hydrogen-bond acceptors (Lipinski definition) is 1. The van der Waals surface area contributed by atoms with Crippen LogP contribution in [-0.2, 0) is 6.18 Å². The number of carbonyl (C=O) groups excluding carboxylic acids is 1. The van der Waals surface area contributed by atoms with Gasteiger partial charge < -0.3 is 0 Å². The first-order valence-electron chi connectivity index (χ1n) is 4.65. The monoisotopic (exact) mass is 252 g/mol. The average Bonchev–Trinajstić information content (AvgIpc) is 2.14. The van der Waals surface area contributed by atoms with E-state index in [2.05, 4.69) is 0 Å². The molecule has 1 aromatic carbocycles. The van der Waals surface area contributed by atoms with Crippen molar-refractivity contribution in [2.24, 2.45) is 0 Å². The van der Waals surface area contributed by atoms with Crippen molar-refractivity contribution in [1.82, 2.24) is 0 Å². The summed E-state index contributed by atoms with van der Waals surface area (Å²) in [6.07, 6.45) is -8.25. The molecule has 0 fully saturated rings. The molecule has 6 heteroatoms. The maximum Gasteiger partial charge on any atom is 0.417 e. The largest absolute Gasteiger partial charge is 0.417 e. The topological polar surface area (TPSA) is 17.1 Å². The Bertz CT molecular complexity index is 448. The number of aryl methyl sites for hydroxylation is 1. The first kappa shape index (κ1) is 13.6. The van der Waals surface area contributed by atoms with Gasteiger partial charge in [0.25, 0.3) is 6.43 Å². The smallest absolute Gasteiger partial charge is 0.294 e. The van der Waals surface area contributed by atoms with Gasteiger partial charge in [0, 0.05) is 11.1 Å². The van der Waals surface area contributed by atoms with Gasteiger partial charge in [0.05, 0.1) is 5.56 Å². The third-order valence-electron chi connectivity index (χ3n) is 2.21. The molecule has 0 bridgehead atoms. The van der Waals surface area contributed by atoms with Crippen molar-refractivity contribution >= 4 is 5.78 Å². The molecule has 0 amide bonds. The number of alkyl halides is 5. The molecule has 0 aliphatic rings. The predicted molar refractivity (Wildman–Crippen MR) is 51.1 cm³/mol. The second kappa shape index (κ2) is 4.43. The highest BCUT2D eigenvalue weighted by Crippen LogP contribution is 2.39. The number of carbonyl (C=O) groups is 1. The minimum atomic E-state index is -4.97. The van der Waals surface area contributed by atoms with Crippen LogP contribution >= 0.6 is 0 Å². The molecule has 0 radical (unpaired) electrons. The van der Waals surface area contributed by atoms with Crippen LogP contribution in [0, 0.1) is 6.92 Å². The first-order valence-corrected chi connectivity index (χ1v) is 4.65. The van der Waals surface area contributed by atoms with Crippen LogP contribution in [0.5, 0.6) is 0 Å². The lowest BCUT2D eigenvalue weighted by Gasteiger charge is -2.16. The highest BCUT2D eigenvalue weighted by molar-refractivity contribution is 5.96. The lowest BCUT2D eigenvalue weighted by Crippen LogP contribution is -2.16. The zero-order valence-electron chi connectivity index (χ0n) is 9.03. The van der Waals surface area contributed by atoms with Crippen LogP contribution in [0.2, 0.25) is 0 Å². The van der Waals surface area contributed by atoms with E-state index in [-0.39, 0.29) is 5.56 Å². The van der Waals surface area contributed by atoms with Crippen molar-refractivity contribution in [2.75, 3.05) is 0 Å². The summed E-state index contributed by atoms with van der Waals surface area (Å²) in [7, 11) is 0. The Balaban J connectivity index is 3.66. The van der Waals surface area contributed by atoms with E-state index in [1.165, 1.54) is 6.92 Å². The molecular formula is C11H9F5O. The fourth-order valence-electron chi connectivity index (χ4n) is 1.58. The Labute approximate surface area is 94.2 Å². The summed E-state index contributed by atoms with van der Waals surface area (Å²) >= 11 is 0. The summed E-state index contributed by atoms with van der Waals surface area (Å²) < 4.78 is 63.2. The van der Waals surface area contributed by atoms with Crippen LogP contribution < -0.4 is 0 Å². The van der Waals surface area contributed by atoms with E-state index in [4.69, 9.17) is 0 Å². The average molecular weight is 252 g/mol. The fourth-order valence-corrected chi connectivity index (χ4v) is 1.58. The molecule has 0 saturated carbocycles. The van der Waals surface area contributed by atoms with Crippen LogP contribution in [0.15, 0.2) is 12.1 Å². The van der Waals surface area contributed by atoms with Crippen molar-refractivity contribution in [1.29, 1.82) is 0 Å². The Hall–Kier alpha value is -1.46. The van der Waals surface area contributed by atoms with Gasteiger partial charge >= 0.3 is 6.18 Å². The van der Waals surface area contributed by atoms with Crippen molar-refractivity contribution in [2.45, 2.75) is 26.4 Å². The van der Waals surface area contributed by atoms with Crippen LogP contribution in [0.25, 0.3) is 0 Å². The van der Waals surface area contributed by atoms with E-state index >= 15 is 0 Å². The zero-order valence-corrected chi connectivity index (χ0v) is 9.03. The van der Waals surface area contributed by atoms with Gasteiger partial charge in [-0.25, -0.2) is 8.78 Å². The predicted octanol–water partition coefficient (Wildman–Crippen LogP) is 4.15. The standard InChI is InChI=1S/C11H9F5O/c1-5-3-7(6(2)17)9(11(14,15)16)8(4-5)10(12)13/h3-4,10H,1-2H3. The molecule has 0 aliphatic heterocycles. The number of benzene rings is 1. The van der Waals surface area contributed by atoms with Gasteiger partial charge in [0.2, 0.25) is 0 Å². The molecule has 0 heterocycles. The lowest BCUT2D eigenvalue weighted by atomic mass is 9.95. The highest BCUT2D eigenvalue weighted by Gasteiger charge is 2.39. The van der Waals surface area contributed by atoms with Crippen molar-refractivity contribution in [3.05, 3.63) is 34.4 Å². The maximum atomic E-state index is 12.7. The number of Topliss-reactive ketones (excluding diaryl/α,β-unsaturated/α-hetero) is 1. The second-order valence-corrected chi connectivity index (χ2v) is 3.63. The summed E-state index contributed by atoms with van der Waals surface area (Å²) in [5.41, 5.74) is -3.21. The quantitative estimate of drug-likeness (QED) is 0.570. The maximum absolute atomic E-state index is 12.7. The summed E-state index contributed by atoms with van der Waals surface area (Å²) in [6, 6.07) is 1.72. The molecule has 0 N–H and O–H groups in total. The normalized spacial score (nSPS) is 12.0. The van der Waals surface area contributed by atoms with Gasteiger partial charge in [-0.05, 0) is 31.5 Å². The van der Waals surface area contributed by atoms with Gasteiger partial charge in [0.15, 0.2) is 5.78 Å². The van der Waals surface area contributed by atoms with Gasteiger partial charge in [0.1, 0.15) is 0 Å². The van der Waals surface area contributed by atoms with Gasteiger partial charge in [-0.2, -0.15) is 13.2 Å². The van der Waals surface area contributed by atoms with E-state index in [0.29, 0.717) is 0 Å². The summed E-state index contributed by atoms with van der Waals surface area (Å²) in [4.78, 5) is 11.1. The number of hydrogen-bond donors (Lipinski definition) is 0. The van der Waals surface area contributed by atoms with Gasteiger partial charge in [-0.15, -0.1) is 0 Å². The number of ketones is 1.